The van der Waals surface area contributed by atoms with E-state index in [1.54, 1.807) is 6.07 Å². The van der Waals surface area contributed by atoms with Crippen LogP contribution >= 0.6 is 0 Å². The van der Waals surface area contributed by atoms with Gasteiger partial charge >= 0.3 is 5.97 Å². The van der Waals surface area contributed by atoms with Crippen LogP contribution in [0.5, 0.6) is 5.75 Å². The van der Waals surface area contributed by atoms with E-state index in [1.165, 1.54) is 7.11 Å². The number of ether oxygens (including phenoxy) is 3. The molecule has 1 unspecified atom stereocenters. The highest BCUT2D eigenvalue weighted by Gasteiger charge is 2.23. The van der Waals surface area contributed by atoms with E-state index < -0.39 is 0 Å². The number of aryl methyl sites for hydroxylation is 1. The first-order valence-electron chi connectivity index (χ1n) is 5.14. The summed E-state index contributed by atoms with van der Waals surface area (Å²) in [6, 6.07) is 5.38. The summed E-state index contributed by atoms with van der Waals surface area (Å²) in [5.74, 6) is 0.326. The van der Waals surface area contributed by atoms with Crippen molar-refractivity contribution in [2.24, 2.45) is 0 Å². The monoisotopic (exact) mass is 222 g/mol. The van der Waals surface area contributed by atoms with Gasteiger partial charge in [-0.15, -0.1) is 0 Å². The van der Waals surface area contributed by atoms with Crippen molar-refractivity contribution in [3.8, 4) is 5.75 Å². The van der Waals surface area contributed by atoms with Gasteiger partial charge < -0.3 is 14.2 Å². The first-order valence-corrected chi connectivity index (χ1v) is 5.14. The van der Waals surface area contributed by atoms with Crippen molar-refractivity contribution in [3.63, 3.8) is 0 Å². The Kier molecular flexibility index (Phi) is 3.10. The first-order chi connectivity index (χ1) is 7.70. The average Bonchev–Trinajstić information content (AvgIpc) is 3.11. The van der Waals surface area contributed by atoms with Gasteiger partial charge in [-0.25, -0.2) is 4.79 Å². The molecule has 1 heterocycles. The Morgan fingerprint density at radius 3 is 2.94 bits per heavy atom. The average molecular weight is 222 g/mol. The second-order valence-corrected chi connectivity index (χ2v) is 3.73. The Balaban J connectivity index is 2.10. The standard InChI is InChI=1S/C12H14O4/c1-8-3-4-9(15-6-10-7-16-10)5-11(8)12(13)14-2/h3-5,10H,6-7H2,1-2H3. The number of epoxide rings is 1. The molecule has 0 aliphatic carbocycles. The molecule has 0 saturated carbocycles. The highest BCUT2D eigenvalue weighted by molar-refractivity contribution is 5.91. The molecule has 1 saturated heterocycles. The summed E-state index contributed by atoms with van der Waals surface area (Å²) in [5.41, 5.74) is 1.42. The van der Waals surface area contributed by atoms with Crippen molar-refractivity contribution in [2.45, 2.75) is 13.0 Å². The van der Waals surface area contributed by atoms with Gasteiger partial charge in [0.1, 0.15) is 18.5 Å². The molecule has 1 aliphatic heterocycles. The quantitative estimate of drug-likeness (QED) is 0.573. The fraction of sp³-hybridized carbons (Fsp3) is 0.417. The Morgan fingerprint density at radius 1 is 1.56 bits per heavy atom. The zero-order valence-corrected chi connectivity index (χ0v) is 9.36. The van der Waals surface area contributed by atoms with Crippen LogP contribution in [0.1, 0.15) is 15.9 Å². The van der Waals surface area contributed by atoms with Crippen molar-refractivity contribution in [1.29, 1.82) is 0 Å². The van der Waals surface area contributed by atoms with Gasteiger partial charge in [0.2, 0.25) is 0 Å². The molecule has 1 aromatic rings. The van der Waals surface area contributed by atoms with Gasteiger partial charge in [-0.3, -0.25) is 0 Å². The third-order valence-corrected chi connectivity index (χ3v) is 2.45. The minimum atomic E-state index is -0.342. The van der Waals surface area contributed by atoms with E-state index in [0.717, 1.165) is 12.2 Å². The molecule has 1 atom stereocenters. The lowest BCUT2D eigenvalue weighted by Gasteiger charge is -2.08. The third kappa shape index (κ3) is 2.52. The highest BCUT2D eigenvalue weighted by Crippen LogP contribution is 2.20. The second kappa shape index (κ2) is 4.53. The summed E-state index contributed by atoms with van der Waals surface area (Å²) in [7, 11) is 1.37. The van der Waals surface area contributed by atoms with Crippen LogP contribution < -0.4 is 4.74 Å². The van der Waals surface area contributed by atoms with Gasteiger partial charge in [-0.05, 0) is 24.6 Å². The molecule has 4 nitrogen and oxygen atoms in total. The molecule has 1 fully saturated rings. The van der Waals surface area contributed by atoms with Gasteiger partial charge in [0.15, 0.2) is 0 Å². The summed E-state index contributed by atoms with van der Waals surface area (Å²) >= 11 is 0. The van der Waals surface area contributed by atoms with E-state index in [-0.39, 0.29) is 12.1 Å². The molecule has 0 amide bonds. The smallest absolute Gasteiger partial charge is 0.338 e. The van der Waals surface area contributed by atoms with E-state index in [0.29, 0.717) is 17.9 Å². The fourth-order valence-corrected chi connectivity index (χ4v) is 1.37. The molecule has 0 spiro atoms. The maximum Gasteiger partial charge on any atom is 0.338 e. The molecule has 0 radical (unpaired) electrons. The number of methoxy groups -OCH3 is 1. The highest BCUT2D eigenvalue weighted by atomic mass is 16.6. The van der Waals surface area contributed by atoms with Crippen molar-refractivity contribution in [2.75, 3.05) is 20.3 Å². The molecule has 4 heteroatoms. The maximum absolute atomic E-state index is 11.4. The topological polar surface area (TPSA) is 48.1 Å². The number of esters is 1. The lowest BCUT2D eigenvalue weighted by molar-refractivity contribution is 0.0599. The molecule has 16 heavy (non-hydrogen) atoms. The van der Waals surface area contributed by atoms with Crippen LogP contribution in [0.25, 0.3) is 0 Å². The molecule has 0 bridgehead atoms. The first kappa shape index (κ1) is 11.0. The molecular weight excluding hydrogens is 208 g/mol. The lowest BCUT2D eigenvalue weighted by Crippen LogP contribution is -2.07. The summed E-state index contributed by atoms with van der Waals surface area (Å²) < 4.78 is 15.2. The van der Waals surface area contributed by atoms with Gasteiger partial charge in [0.25, 0.3) is 0 Å². The largest absolute Gasteiger partial charge is 0.491 e. The predicted molar refractivity (Wildman–Crippen MR) is 57.8 cm³/mol. The summed E-state index contributed by atoms with van der Waals surface area (Å²) in [6.07, 6.45) is 0.211. The Bertz CT molecular complexity index is 396. The van der Waals surface area contributed by atoms with E-state index in [9.17, 15) is 4.79 Å². The summed E-state index contributed by atoms with van der Waals surface area (Å²) in [4.78, 5) is 11.4. The van der Waals surface area contributed by atoms with Crippen molar-refractivity contribution in [3.05, 3.63) is 29.3 Å². The van der Waals surface area contributed by atoms with Crippen LogP contribution in [-0.4, -0.2) is 32.4 Å². The Morgan fingerprint density at radius 2 is 2.31 bits per heavy atom. The van der Waals surface area contributed by atoms with Gasteiger partial charge in [0.05, 0.1) is 19.3 Å². The van der Waals surface area contributed by atoms with E-state index in [2.05, 4.69) is 0 Å². The van der Waals surface area contributed by atoms with E-state index in [1.807, 2.05) is 19.1 Å². The maximum atomic E-state index is 11.4. The van der Waals surface area contributed by atoms with E-state index in [4.69, 9.17) is 14.2 Å². The van der Waals surface area contributed by atoms with Gasteiger partial charge in [0, 0.05) is 0 Å². The second-order valence-electron chi connectivity index (χ2n) is 3.73. The molecule has 1 aromatic carbocycles. The zero-order valence-electron chi connectivity index (χ0n) is 9.36. The number of carbonyl (C=O) groups excluding carboxylic acids is 1. The fourth-order valence-electron chi connectivity index (χ4n) is 1.37. The van der Waals surface area contributed by atoms with Crippen molar-refractivity contribution in [1.82, 2.24) is 0 Å². The van der Waals surface area contributed by atoms with Crippen LogP contribution in [-0.2, 0) is 9.47 Å². The number of rotatable bonds is 4. The molecular formula is C12H14O4. The minimum absolute atomic E-state index is 0.211. The predicted octanol–water partition coefficient (Wildman–Crippen LogP) is 1.56. The lowest BCUT2D eigenvalue weighted by atomic mass is 10.1. The molecule has 2 rings (SSSR count). The van der Waals surface area contributed by atoms with Crippen molar-refractivity contribution < 1.29 is 19.0 Å². The van der Waals surface area contributed by atoms with E-state index >= 15 is 0 Å². The summed E-state index contributed by atoms with van der Waals surface area (Å²) in [6.45, 7) is 3.15. The SMILES string of the molecule is COC(=O)c1cc(OCC2CO2)ccc1C. The molecule has 0 aromatic heterocycles. The van der Waals surface area contributed by atoms with Crippen LogP contribution in [0.2, 0.25) is 0 Å². The molecule has 1 aliphatic rings. The Hall–Kier alpha value is -1.55. The molecule has 86 valence electrons. The number of hydrogen-bond donors (Lipinski definition) is 0. The zero-order chi connectivity index (χ0) is 11.5. The van der Waals surface area contributed by atoms with Gasteiger partial charge in [-0.2, -0.15) is 0 Å². The number of hydrogen-bond acceptors (Lipinski definition) is 4. The Labute approximate surface area is 94.1 Å². The van der Waals surface area contributed by atoms with Crippen LogP contribution in [0.4, 0.5) is 0 Å². The minimum Gasteiger partial charge on any atom is -0.491 e. The number of benzene rings is 1. The summed E-state index contributed by atoms with van der Waals surface area (Å²) in [5, 5.41) is 0. The van der Waals surface area contributed by atoms with Crippen LogP contribution in [0.15, 0.2) is 18.2 Å². The van der Waals surface area contributed by atoms with Crippen LogP contribution in [0, 0.1) is 6.92 Å². The molecule has 0 N–H and O–H groups in total. The van der Waals surface area contributed by atoms with Crippen LogP contribution in [0.3, 0.4) is 0 Å². The van der Waals surface area contributed by atoms with Gasteiger partial charge in [-0.1, -0.05) is 6.07 Å². The number of carbonyl (C=O) groups is 1. The normalized spacial score (nSPS) is 18.0. The van der Waals surface area contributed by atoms with Crippen molar-refractivity contribution >= 4 is 5.97 Å². The third-order valence-electron chi connectivity index (χ3n) is 2.45.